The number of amides is 1. The number of carbonyl (C=O) groups is 1. The van der Waals surface area contributed by atoms with E-state index in [2.05, 4.69) is 5.32 Å². The summed E-state index contributed by atoms with van der Waals surface area (Å²) in [5.74, 6) is 0.211. The number of aryl methyl sites for hydroxylation is 2. The van der Waals surface area contributed by atoms with E-state index in [1.54, 1.807) is 12.1 Å². The molecule has 0 bridgehead atoms. The second kappa shape index (κ2) is 8.88. The van der Waals surface area contributed by atoms with Gasteiger partial charge in [-0.25, -0.2) is 4.79 Å². The molecule has 0 unspecified atom stereocenters. The van der Waals surface area contributed by atoms with E-state index in [-0.39, 0.29) is 18.6 Å². The van der Waals surface area contributed by atoms with Crippen molar-refractivity contribution in [2.24, 2.45) is 0 Å². The zero-order valence-electron chi connectivity index (χ0n) is 17.4. The average Bonchev–Trinajstić information content (AvgIpc) is 2.77. The van der Waals surface area contributed by atoms with Crippen LogP contribution in [0.3, 0.4) is 0 Å². The fraction of sp³-hybridized carbons (Fsp3) is 0.154. The van der Waals surface area contributed by atoms with Crippen LogP contribution in [0.1, 0.15) is 28.3 Å². The molecule has 1 N–H and O–H groups in total. The van der Waals surface area contributed by atoms with Crippen LogP contribution in [-0.2, 0) is 4.79 Å². The van der Waals surface area contributed by atoms with Gasteiger partial charge < -0.3 is 14.5 Å². The first-order valence-electron chi connectivity index (χ1n) is 10.1. The van der Waals surface area contributed by atoms with Gasteiger partial charge in [0.1, 0.15) is 11.3 Å². The van der Waals surface area contributed by atoms with Crippen molar-refractivity contribution < 1.29 is 13.9 Å². The Labute approximate surface area is 180 Å². The van der Waals surface area contributed by atoms with E-state index in [4.69, 9.17) is 9.15 Å². The molecule has 31 heavy (non-hydrogen) atoms. The lowest BCUT2D eigenvalue weighted by Gasteiger charge is -2.20. The Hall–Kier alpha value is -3.86. The van der Waals surface area contributed by atoms with Gasteiger partial charge in [0.25, 0.3) is 5.91 Å². The fourth-order valence-electron chi connectivity index (χ4n) is 3.51. The lowest BCUT2D eigenvalue weighted by molar-refractivity contribution is -0.123. The van der Waals surface area contributed by atoms with Crippen molar-refractivity contribution >= 4 is 16.9 Å². The number of ether oxygens (including phenoxy) is 1. The monoisotopic (exact) mass is 413 g/mol. The maximum atomic E-state index is 12.7. The highest BCUT2D eigenvalue weighted by molar-refractivity contribution is 5.82. The van der Waals surface area contributed by atoms with Gasteiger partial charge in [-0.3, -0.25) is 4.79 Å². The Kier molecular flexibility index (Phi) is 5.85. The Bertz CT molecular complexity index is 1260. The predicted molar refractivity (Wildman–Crippen MR) is 120 cm³/mol. The fourth-order valence-corrected chi connectivity index (χ4v) is 3.51. The molecule has 1 amide bonds. The maximum absolute atomic E-state index is 12.7. The molecule has 1 heterocycles. The third-order valence-electron chi connectivity index (χ3n) is 5.14. The topological polar surface area (TPSA) is 68.5 Å². The molecule has 0 saturated heterocycles. The van der Waals surface area contributed by atoms with Crippen LogP contribution < -0.4 is 15.7 Å². The normalized spacial score (nSPS) is 11.8. The molecular weight excluding hydrogens is 390 g/mol. The van der Waals surface area contributed by atoms with E-state index >= 15 is 0 Å². The molecule has 0 saturated carbocycles. The van der Waals surface area contributed by atoms with Crippen molar-refractivity contribution in [3.63, 3.8) is 0 Å². The summed E-state index contributed by atoms with van der Waals surface area (Å²) in [7, 11) is 0. The van der Waals surface area contributed by atoms with E-state index in [1.807, 2.05) is 74.5 Å². The SMILES string of the molecule is Cc1ccc([C@@H](NC(=O)COc2ccc3c(C)cc(=O)oc3c2)c2ccccc2)cc1. The molecule has 4 aromatic rings. The standard InChI is InChI=1S/C26H23NO4/c1-17-8-10-20(11-9-17)26(19-6-4-3-5-7-19)27-24(28)16-30-21-12-13-22-18(2)14-25(29)31-23(22)15-21/h3-15,26H,16H2,1-2H3,(H,27,28)/t26-/m0/s1. The Balaban J connectivity index is 1.50. The second-order valence-corrected chi connectivity index (χ2v) is 7.52. The lowest BCUT2D eigenvalue weighted by Crippen LogP contribution is -2.33. The highest BCUT2D eigenvalue weighted by Gasteiger charge is 2.17. The lowest BCUT2D eigenvalue weighted by atomic mass is 9.98. The minimum Gasteiger partial charge on any atom is -0.484 e. The van der Waals surface area contributed by atoms with Gasteiger partial charge in [-0.1, -0.05) is 60.2 Å². The number of benzene rings is 3. The highest BCUT2D eigenvalue weighted by atomic mass is 16.5. The third-order valence-corrected chi connectivity index (χ3v) is 5.14. The quantitative estimate of drug-likeness (QED) is 0.466. The van der Waals surface area contributed by atoms with Gasteiger partial charge in [0.2, 0.25) is 0 Å². The Morgan fingerprint density at radius 2 is 1.65 bits per heavy atom. The molecule has 0 spiro atoms. The van der Waals surface area contributed by atoms with Crippen molar-refractivity contribution in [1.29, 1.82) is 0 Å². The second-order valence-electron chi connectivity index (χ2n) is 7.52. The largest absolute Gasteiger partial charge is 0.484 e. The Morgan fingerprint density at radius 3 is 2.39 bits per heavy atom. The van der Waals surface area contributed by atoms with Crippen LogP contribution in [0.15, 0.2) is 88.1 Å². The minimum absolute atomic E-state index is 0.156. The summed E-state index contributed by atoms with van der Waals surface area (Å²) in [5.41, 5.74) is 3.99. The number of hydrogen-bond donors (Lipinski definition) is 1. The van der Waals surface area contributed by atoms with E-state index in [0.29, 0.717) is 11.3 Å². The maximum Gasteiger partial charge on any atom is 0.336 e. The highest BCUT2D eigenvalue weighted by Crippen LogP contribution is 2.24. The van der Waals surface area contributed by atoms with Crippen molar-refractivity contribution in [3.05, 3.63) is 112 Å². The zero-order chi connectivity index (χ0) is 21.8. The van der Waals surface area contributed by atoms with E-state index in [9.17, 15) is 9.59 Å². The molecular formula is C26H23NO4. The minimum atomic E-state index is -0.413. The zero-order valence-corrected chi connectivity index (χ0v) is 17.4. The molecule has 0 aliphatic carbocycles. The van der Waals surface area contributed by atoms with Crippen molar-refractivity contribution in [3.8, 4) is 5.75 Å². The molecule has 156 valence electrons. The first kappa shape index (κ1) is 20.4. The summed E-state index contributed by atoms with van der Waals surface area (Å²) in [6.45, 7) is 3.72. The Morgan fingerprint density at radius 1 is 0.935 bits per heavy atom. The molecule has 0 fully saturated rings. The summed E-state index contributed by atoms with van der Waals surface area (Å²) < 4.78 is 10.9. The number of rotatable bonds is 6. The number of fused-ring (bicyclic) bond motifs is 1. The van der Waals surface area contributed by atoms with Gasteiger partial charge in [0, 0.05) is 17.5 Å². The molecule has 3 aromatic carbocycles. The van der Waals surface area contributed by atoms with E-state index < -0.39 is 5.63 Å². The van der Waals surface area contributed by atoms with E-state index in [1.165, 1.54) is 6.07 Å². The summed E-state index contributed by atoms with van der Waals surface area (Å²) in [4.78, 5) is 24.3. The smallest absolute Gasteiger partial charge is 0.336 e. The van der Waals surface area contributed by atoms with Gasteiger partial charge in [0.05, 0.1) is 6.04 Å². The number of nitrogens with one attached hydrogen (secondary N) is 1. The molecule has 0 radical (unpaired) electrons. The van der Waals surface area contributed by atoms with Crippen LogP contribution in [0, 0.1) is 13.8 Å². The number of hydrogen-bond acceptors (Lipinski definition) is 4. The van der Waals surface area contributed by atoms with Crippen LogP contribution in [-0.4, -0.2) is 12.5 Å². The molecule has 1 aromatic heterocycles. The van der Waals surface area contributed by atoms with Gasteiger partial charge >= 0.3 is 5.63 Å². The number of carbonyl (C=O) groups excluding carboxylic acids is 1. The van der Waals surface area contributed by atoms with Crippen LogP contribution >= 0.6 is 0 Å². The molecule has 5 heteroatoms. The van der Waals surface area contributed by atoms with E-state index in [0.717, 1.165) is 27.6 Å². The first-order valence-corrected chi connectivity index (χ1v) is 10.1. The summed E-state index contributed by atoms with van der Waals surface area (Å²) in [5, 5.41) is 3.89. The van der Waals surface area contributed by atoms with Gasteiger partial charge in [-0.15, -0.1) is 0 Å². The molecule has 0 aliphatic heterocycles. The third kappa shape index (κ3) is 4.83. The van der Waals surface area contributed by atoms with Crippen molar-refractivity contribution in [1.82, 2.24) is 5.32 Å². The van der Waals surface area contributed by atoms with Gasteiger partial charge in [-0.05, 0) is 42.7 Å². The predicted octanol–water partition coefficient (Wildman–Crippen LogP) is 4.69. The van der Waals surface area contributed by atoms with Crippen LogP contribution in [0.25, 0.3) is 11.0 Å². The molecule has 4 rings (SSSR count). The summed E-state index contributed by atoms with van der Waals surface area (Å²) >= 11 is 0. The van der Waals surface area contributed by atoms with Crippen LogP contribution in [0.4, 0.5) is 0 Å². The van der Waals surface area contributed by atoms with Crippen molar-refractivity contribution in [2.75, 3.05) is 6.61 Å². The van der Waals surface area contributed by atoms with Crippen LogP contribution in [0.5, 0.6) is 5.75 Å². The first-order chi connectivity index (χ1) is 15.0. The molecule has 1 atom stereocenters. The summed E-state index contributed by atoms with van der Waals surface area (Å²) in [6.07, 6.45) is 0. The van der Waals surface area contributed by atoms with Gasteiger partial charge in [-0.2, -0.15) is 0 Å². The average molecular weight is 413 g/mol. The van der Waals surface area contributed by atoms with Crippen molar-refractivity contribution in [2.45, 2.75) is 19.9 Å². The summed E-state index contributed by atoms with van der Waals surface area (Å²) in [6, 6.07) is 24.3. The molecule has 5 nitrogen and oxygen atoms in total. The molecule has 0 aliphatic rings. The van der Waals surface area contributed by atoms with Gasteiger partial charge in [0.15, 0.2) is 6.61 Å². The van der Waals surface area contributed by atoms with Crippen LogP contribution in [0.2, 0.25) is 0 Å².